The van der Waals surface area contributed by atoms with Crippen molar-refractivity contribution in [2.75, 3.05) is 23.7 Å². The second-order valence-electron chi connectivity index (χ2n) is 7.47. The third-order valence-corrected chi connectivity index (χ3v) is 5.16. The van der Waals surface area contributed by atoms with Crippen LogP contribution in [-0.4, -0.2) is 36.0 Å². The molecule has 6 heteroatoms. The minimum Gasteiger partial charge on any atom is -0.370 e. The van der Waals surface area contributed by atoms with Crippen LogP contribution in [0.5, 0.6) is 0 Å². The number of nitrogens with one attached hydrogen (secondary N) is 3. The molecular weight excluding hydrogens is 352 g/mol. The van der Waals surface area contributed by atoms with E-state index in [0.29, 0.717) is 6.04 Å². The molecule has 28 heavy (non-hydrogen) atoms. The summed E-state index contributed by atoms with van der Waals surface area (Å²) in [4.78, 5) is 26.9. The molecule has 2 fully saturated rings. The van der Waals surface area contributed by atoms with Crippen LogP contribution in [0.4, 0.5) is 16.2 Å². The highest BCUT2D eigenvalue weighted by Gasteiger charge is 2.27. The number of rotatable bonds is 6. The molecule has 146 valence electrons. The zero-order valence-corrected chi connectivity index (χ0v) is 15.9. The van der Waals surface area contributed by atoms with E-state index in [1.54, 1.807) is 0 Å². The monoisotopic (exact) mass is 378 g/mol. The van der Waals surface area contributed by atoms with Gasteiger partial charge in [-0.2, -0.15) is 0 Å². The molecule has 1 saturated heterocycles. The van der Waals surface area contributed by atoms with Gasteiger partial charge in [0.15, 0.2) is 0 Å². The first kappa shape index (κ1) is 18.3. The molecule has 4 rings (SSSR count). The van der Waals surface area contributed by atoms with Crippen molar-refractivity contribution in [1.29, 1.82) is 0 Å². The first-order valence-corrected chi connectivity index (χ1v) is 9.97. The summed E-state index contributed by atoms with van der Waals surface area (Å²) >= 11 is 0. The lowest BCUT2D eigenvalue weighted by molar-refractivity contribution is -0.131. The molecule has 6 nitrogen and oxygen atoms in total. The van der Waals surface area contributed by atoms with E-state index in [9.17, 15) is 9.59 Å². The van der Waals surface area contributed by atoms with Crippen molar-refractivity contribution in [2.45, 2.75) is 37.8 Å². The van der Waals surface area contributed by atoms with Gasteiger partial charge >= 0.3 is 6.03 Å². The third kappa shape index (κ3) is 4.63. The fourth-order valence-corrected chi connectivity index (χ4v) is 3.45. The first-order chi connectivity index (χ1) is 13.7. The zero-order valence-electron chi connectivity index (χ0n) is 15.9. The van der Waals surface area contributed by atoms with Gasteiger partial charge in [-0.15, -0.1) is 0 Å². The van der Waals surface area contributed by atoms with Crippen LogP contribution in [0.2, 0.25) is 0 Å². The van der Waals surface area contributed by atoms with Crippen molar-refractivity contribution in [3.05, 3.63) is 60.2 Å². The minimum atomic E-state index is -0.420. The number of hydrogen-bond donors (Lipinski definition) is 3. The fourth-order valence-electron chi connectivity index (χ4n) is 3.45. The maximum Gasteiger partial charge on any atom is 0.319 e. The number of urea groups is 1. The van der Waals surface area contributed by atoms with Gasteiger partial charge in [0.25, 0.3) is 0 Å². The van der Waals surface area contributed by atoms with Crippen molar-refractivity contribution in [3.8, 4) is 0 Å². The second kappa shape index (κ2) is 8.33. The fraction of sp³-hybridized carbons (Fsp3) is 0.364. The summed E-state index contributed by atoms with van der Waals surface area (Å²) in [6.07, 6.45) is 4.25. The summed E-state index contributed by atoms with van der Waals surface area (Å²) in [5, 5.41) is 9.12. The van der Waals surface area contributed by atoms with Crippen LogP contribution in [0, 0.1) is 0 Å². The predicted octanol–water partition coefficient (Wildman–Crippen LogP) is 3.75. The highest BCUT2D eigenvalue weighted by molar-refractivity contribution is 5.90. The molecule has 2 aromatic rings. The number of nitrogens with zero attached hydrogens (tertiary/aromatic N) is 1. The lowest BCUT2D eigenvalue weighted by atomic mass is 10.0. The van der Waals surface area contributed by atoms with Gasteiger partial charge in [0.2, 0.25) is 5.91 Å². The summed E-state index contributed by atoms with van der Waals surface area (Å²) in [7, 11) is 0. The Kier molecular flexibility index (Phi) is 5.46. The maximum atomic E-state index is 13.1. The van der Waals surface area contributed by atoms with Gasteiger partial charge in [0, 0.05) is 30.5 Å². The lowest BCUT2D eigenvalue weighted by Crippen LogP contribution is -2.36. The summed E-state index contributed by atoms with van der Waals surface area (Å²) in [5.41, 5.74) is 2.52. The quantitative estimate of drug-likeness (QED) is 0.717. The Labute approximate surface area is 165 Å². The molecule has 1 aliphatic heterocycles. The largest absolute Gasteiger partial charge is 0.370 e. The average molecular weight is 378 g/mol. The van der Waals surface area contributed by atoms with Crippen LogP contribution in [0.25, 0.3) is 0 Å². The van der Waals surface area contributed by atoms with Crippen molar-refractivity contribution in [3.63, 3.8) is 0 Å². The van der Waals surface area contributed by atoms with Crippen LogP contribution in [0.1, 0.15) is 37.3 Å². The van der Waals surface area contributed by atoms with Crippen LogP contribution in [-0.2, 0) is 4.79 Å². The number of anilines is 2. The normalized spacial score (nSPS) is 17.1. The molecule has 0 aromatic heterocycles. The molecule has 1 heterocycles. The van der Waals surface area contributed by atoms with Gasteiger partial charge in [-0.25, -0.2) is 4.79 Å². The average Bonchev–Trinajstić information content (AvgIpc) is 3.35. The molecule has 0 bridgehead atoms. The number of likely N-dealkylation sites (tertiary alicyclic amines) is 1. The Morgan fingerprint density at radius 2 is 1.54 bits per heavy atom. The molecule has 1 saturated carbocycles. The van der Waals surface area contributed by atoms with Gasteiger partial charge < -0.3 is 20.9 Å². The number of carbonyl (C=O) groups is 2. The van der Waals surface area contributed by atoms with Gasteiger partial charge in [-0.3, -0.25) is 4.79 Å². The van der Waals surface area contributed by atoms with E-state index in [-0.39, 0.29) is 11.9 Å². The first-order valence-electron chi connectivity index (χ1n) is 9.97. The van der Waals surface area contributed by atoms with Crippen LogP contribution >= 0.6 is 0 Å². The third-order valence-electron chi connectivity index (χ3n) is 5.16. The number of carbonyl (C=O) groups excluding carboxylic acids is 2. The van der Waals surface area contributed by atoms with E-state index >= 15 is 0 Å². The summed E-state index contributed by atoms with van der Waals surface area (Å²) in [6, 6.07) is 17.0. The predicted molar refractivity (Wildman–Crippen MR) is 110 cm³/mol. The molecule has 0 radical (unpaired) electrons. The molecule has 2 aliphatic rings. The van der Waals surface area contributed by atoms with E-state index in [4.69, 9.17) is 0 Å². The molecule has 0 spiro atoms. The lowest BCUT2D eigenvalue weighted by Gasteiger charge is -2.25. The van der Waals surface area contributed by atoms with Gasteiger partial charge in [0.1, 0.15) is 6.04 Å². The standard InChI is InChI=1S/C22H26N4O2/c27-21(26-14-4-5-15-26)20(16-6-2-1-3-7-16)23-17-8-10-18(11-9-17)24-22(28)25-19-12-13-19/h1-3,6-11,19-20,23H,4-5,12-15H2,(H2,24,25,28). The van der Waals surface area contributed by atoms with E-state index in [1.807, 2.05) is 59.5 Å². The Morgan fingerprint density at radius 1 is 0.893 bits per heavy atom. The maximum absolute atomic E-state index is 13.1. The molecular formula is C22H26N4O2. The Hall–Kier alpha value is -3.02. The van der Waals surface area contributed by atoms with Gasteiger partial charge in [0.05, 0.1) is 0 Å². The van der Waals surface area contributed by atoms with Crippen molar-refractivity contribution < 1.29 is 9.59 Å². The Bertz CT molecular complexity index is 812. The highest BCUT2D eigenvalue weighted by Crippen LogP contribution is 2.25. The topological polar surface area (TPSA) is 73.5 Å². The minimum absolute atomic E-state index is 0.106. The van der Waals surface area contributed by atoms with Crippen molar-refractivity contribution >= 4 is 23.3 Å². The van der Waals surface area contributed by atoms with Crippen LogP contribution in [0.15, 0.2) is 54.6 Å². The Balaban J connectivity index is 1.45. The van der Waals surface area contributed by atoms with E-state index in [0.717, 1.165) is 55.7 Å². The molecule has 1 atom stereocenters. The zero-order chi connectivity index (χ0) is 19.3. The number of benzene rings is 2. The van der Waals surface area contributed by atoms with Gasteiger partial charge in [-0.05, 0) is 55.5 Å². The Morgan fingerprint density at radius 3 is 2.18 bits per heavy atom. The smallest absolute Gasteiger partial charge is 0.319 e. The van der Waals surface area contributed by atoms with E-state index < -0.39 is 6.04 Å². The summed E-state index contributed by atoms with van der Waals surface area (Å²) in [5.74, 6) is 0.106. The van der Waals surface area contributed by atoms with E-state index in [1.165, 1.54) is 0 Å². The SMILES string of the molecule is O=C(Nc1ccc(NC(C(=O)N2CCCC2)c2ccccc2)cc1)NC1CC1. The van der Waals surface area contributed by atoms with Crippen molar-refractivity contribution in [2.24, 2.45) is 0 Å². The molecule has 2 aromatic carbocycles. The molecule has 1 aliphatic carbocycles. The summed E-state index contributed by atoms with van der Waals surface area (Å²) < 4.78 is 0. The number of hydrogen-bond acceptors (Lipinski definition) is 3. The highest BCUT2D eigenvalue weighted by atomic mass is 16.2. The number of amides is 3. The van der Waals surface area contributed by atoms with Crippen LogP contribution < -0.4 is 16.0 Å². The molecule has 3 N–H and O–H groups in total. The van der Waals surface area contributed by atoms with Crippen molar-refractivity contribution in [1.82, 2.24) is 10.2 Å². The molecule has 3 amide bonds. The summed E-state index contributed by atoms with van der Waals surface area (Å²) in [6.45, 7) is 1.64. The van der Waals surface area contributed by atoms with E-state index in [2.05, 4.69) is 16.0 Å². The molecule has 1 unspecified atom stereocenters. The van der Waals surface area contributed by atoms with Gasteiger partial charge in [-0.1, -0.05) is 30.3 Å². The van der Waals surface area contributed by atoms with Crippen LogP contribution in [0.3, 0.4) is 0 Å². The second-order valence-corrected chi connectivity index (χ2v) is 7.47.